The third-order valence-corrected chi connectivity index (χ3v) is 3.77. The fourth-order valence-corrected chi connectivity index (χ4v) is 2.47. The number of hydrogen-bond donors (Lipinski definition) is 0. The Hall–Kier alpha value is -1.72. The van der Waals surface area contributed by atoms with Gasteiger partial charge in [0.25, 0.3) is 5.69 Å². The van der Waals surface area contributed by atoms with Crippen molar-refractivity contribution in [1.82, 2.24) is 0 Å². The highest BCUT2D eigenvalue weighted by atomic mass is 35.5. The van der Waals surface area contributed by atoms with Crippen LogP contribution < -0.4 is 4.74 Å². The number of halogens is 1. The molecular formula is C14H12ClNO3S. The predicted octanol–water partition coefficient (Wildman–Crippen LogP) is 4.42. The van der Waals surface area contributed by atoms with Crippen LogP contribution in [0.4, 0.5) is 5.69 Å². The molecule has 0 N–H and O–H groups in total. The second kappa shape index (κ2) is 7.17. The molecule has 0 radical (unpaired) electrons. The van der Waals surface area contributed by atoms with Gasteiger partial charge in [0.1, 0.15) is 5.75 Å². The Kier molecular flexibility index (Phi) is 5.26. The summed E-state index contributed by atoms with van der Waals surface area (Å²) in [6, 6.07) is 14.1. The topological polar surface area (TPSA) is 52.4 Å². The van der Waals surface area contributed by atoms with E-state index in [0.717, 1.165) is 10.6 Å². The van der Waals surface area contributed by atoms with Gasteiger partial charge in [-0.2, -0.15) is 0 Å². The number of thioether (sulfide) groups is 1. The summed E-state index contributed by atoms with van der Waals surface area (Å²) in [7, 11) is 0. The van der Waals surface area contributed by atoms with Crippen molar-refractivity contribution >= 4 is 29.1 Å². The quantitative estimate of drug-likeness (QED) is 0.343. The summed E-state index contributed by atoms with van der Waals surface area (Å²) in [6.07, 6.45) is 0. The van der Waals surface area contributed by atoms with Gasteiger partial charge in [0.05, 0.1) is 22.6 Å². The molecule has 0 bridgehead atoms. The summed E-state index contributed by atoms with van der Waals surface area (Å²) >= 11 is 7.60. The molecule has 0 spiro atoms. The van der Waals surface area contributed by atoms with E-state index in [9.17, 15) is 10.1 Å². The minimum Gasteiger partial charge on any atom is -0.491 e. The zero-order valence-electron chi connectivity index (χ0n) is 10.5. The molecule has 0 aliphatic heterocycles. The average Bonchev–Trinajstić information content (AvgIpc) is 2.46. The summed E-state index contributed by atoms with van der Waals surface area (Å²) in [5, 5.41) is 11.1. The third kappa shape index (κ3) is 4.15. The lowest BCUT2D eigenvalue weighted by molar-refractivity contribution is -0.384. The van der Waals surface area contributed by atoms with Crippen molar-refractivity contribution in [1.29, 1.82) is 0 Å². The van der Waals surface area contributed by atoms with E-state index in [0.29, 0.717) is 17.4 Å². The molecule has 0 aliphatic rings. The van der Waals surface area contributed by atoms with Crippen LogP contribution >= 0.6 is 23.4 Å². The van der Waals surface area contributed by atoms with Crippen LogP contribution in [-0.2, 0) is 0 Å². The van der Waals surface area contributed by atoms with E-state index < -0.39 is 4.92 Å². The molecule has 0 heterocycles. The van der Waals surface area contributed by atoms with E-state index in [4.69, 9.17) is 16.3 Å². The zero-order chi connectivity index (χ0) is 14.4. The maximum atomic E-state index is 10.7. The Labute approximate surface area is 125 Å². The molecule has 0 amide bonds. The number of ether oxygens (including phenoxy) is 1. The maximum Gasteiger partial charge on any atom is 0.273 e. The van der Waals surface area contributed by atoms with Gasteiger partial charge >= 0.3 is 0 Å². The maximum absolute atomic E-state index is 10.7. The largest absolute Gasteiger partial charge is 0.491 e. The third-order valence-electron chi connectivity index (χ3n) is 2.48. The van der Waals surface area contributed by atoms with E-state index in [2.05, 4.69) is 0 Å². The highest BCUT2D eigenvalue weighted by Crippen LogP contribution is 2.29. The normalized spacial score (nSPS) is 10.2. The predicted molar refractivity (Wildman–Crippen MR) is 80.8 cm³/mol. The number of rotatable bonds is 6. The molecule has 6 heteroatoms. The van der Waals surface area contributed by atoms with E-state index >= 15 is 0 Å². The first kappa shape index (κ1) is 14.7. The van der Waals surface area contributed by atoms with Crippen LogP contribution in [0.3, 0.4) is 0 Å². The van der Waals surface area contributed by atoms with Crippen LogP contribution in [0.5, 0.6) is 5.75 Å². The van der Waals surface area contributed by atoms with Crippen molar-refractivity contribution in [2.45, 2.75) is 4.90 Å². The molecule has 0 unspecified atom stereocenters. The molecule has 0 saturated heterocycles. The number of nitrogens with zero attached hydrogens (tertiary/aromatic N) is 1. The summed E-state index contributed by atoms with van der Waals surface area (Å²) in [4.78, 5) is 11.4. The fraction of sp³-hybridized carbons (Fsp3) is 0.143. The summed E-state index contributed by atoms with van der Waals surface area (Å²) in [5.74, 6) is 1.08. The average molecular weight is 310 g/mol. The van der Waals surface area contributed by atoms with Crippen molar-refractivity contribution in [3.05, 3.63) is 63.7 Å². The minimum atomic E-state index is -0.470. The molecule has 0 aliphatic carbocycles. The van der Waals surface area contributed by atoms with E-state index in [1.165, 1.54) is 18.2 Å². The van der Waals surface area contributed by atoms with Gasteiger partial charge in [-0.05, 0) is 18.2 Å². The smallest absolute Gasteiger partial charge is 0.273 e. The molecule has 104 valence electrons. The van der Waals surface area contributed by atoms with E-state index in [1.54, 1.807) is 11.8 Å². The van der Waals surface area contributed by atoms with E-state index in [-0.39, 0.29) is 5.69 Å². The monoisotopic (exact) mass is 309 g/mol. The first-order valence-electron chi connectivity index (χ1n) is 5.91. The Morgan fingerprint density at radius 3 is 2.65 bits per heavy atom. The zero-order valence-corrected chi connectivity index (χ0v) is 12.1. The van der Waals surface area contributed by atoms with Crippen LogP contribution in [0.25, 0.3) is 0 Å². The summed E-state index contributed by atoms with van der Waals surface area (Å²) < 4.78 is 5.49. The molecule has 0 saturated carbocycles. The summed E-state index contributed by atoms with van der Waals surface area (Å²) in [5.41, 5.74) is -0.0277. The van der Waals surface area contributed by atoms with Crippen molar-refractivity contribution in [3.8, 4) is 5.75 Å². The molecule has 0 atom stereocenters. The van der Waals surface area contributed by atoms with Gasteiger partial charge in [-0.1, -0.05) is 29.8 Å². The number of non-ortho nitro benzene ring substituents is 1. The SMILES string of the molecule is O=[N+]([O-])c1ccc(Cl)c(OCCSc2ccccc2)c1. The van der Waals surface area contributed by atoms with Gasteiger partial charge in [-0.15, -0.1) is 11.8 Å². The van der Waals surface area contributed by atoms with Gasteiger partial charge in [0.15, 0.2) is 0 Å². The van der Waals surface area contributed by atoms with Gasteiger partial charge in [0.2, 0.25) is 0 Å². The van der Waals surface area contributed by atoms with Crippen LogP contribution in [0.2, 0.25) is 5.02 Å². The fourth-order valence-electron chi connectivity index (χ4n) is 1.54. The lowest BCUT2D eigenvalue weighted by Crippen LogP contribution is -2.01. The van der Waals surface area contributed by atoms with Crippen molar-refractivity contribution < 1.29 is 9.66 Å². The molecule has 20 heavy (non-hydrogen) atoms. The molecule has 0 fully saturated rings. The molecule has 2 aromatic rings. The van der Waals surface area contributed by atoms with Crippen LogP contribution in [0, 0.1) is 10.1 Å². The van der Waals surface area contributed by atoms with E-state index in [1.807, 2.05) is 30.3 Å². The molecule has 2 aromatic carbocycles. The van der Waals surface area contributed by atoms with Crippen LogP contribution in [-0.4, -0.2) is 17.3 Å². The molecule has 0 aromatic heterocycles. The second-order valence-corrected chi connectivity index (χ2v) is 5.46. The number of benzene rings is 2. The van der Waals surface area contributed by atoms with Gasteiger partial charge in [-0.25, -0.2) is 0 Å². The first-order chi connectivity index (χ1) is 9.66. The standard InChI is InChI=1S/C14H12ClNO3S/c15-13-7-6-11(16(17)18)10-14(13)19-8-9-20-12-4-2-1-3-5-12/h1-7,10H,8-9H2. The molecular weight excluding hydrogens is 298 g/mol. The van der Waals surface area contributed by atoms with Gasteiger partial charge in [0, 0.05) is 16.7 Å². The Balaban J connectivity index is 1.88. The minimum absolute atomic E-state index is 0.0277. The van der Waals surface area contributed by atoms with Crippen molar-refractivity contribution in [3.63, 3.8) is 0 Å². The Morgan fingerprint density at radius 2 is 1.95 bits per heavy atom. The van der Waals surface area contributed by atoms with Crippen LogP contribution in [0.1, 0.15) is 0 Å². The second-order valence-electron chi connectivity index (χ2n) is 3.88. The number of hydrogen-bond acceptors (Lipinski definition) is 4. The lowest BCUT2D eigenvalue weighted by Gasteiger charge is -2.07. The van der Waals surface area contributed by atoms with Crippen molar-refractivity contribution in [2.24, 2.45) is 0 Å². The Bertz CT molecular complexity index is 592. The van der Waals surface area contributed by atoms with Gasteiger partial charge in [-0.3, -0.25) is 10.1 Å². The van der Waals surface area contributed by atoms with Gasteiger partial charge < -0.3 is 4.74 Å². The lowest BCUT2D eigenvalue weighted by atomic mass is 10.3. The number of nitro groups is 1. The number of nitro benzene ring substituents is 1. The molecule has 4 nitrogen and oxygen atoms in total. The molecule has 2 rings (SSSR count). The highest BCUT2D eigenvalue weighted by Gasteiger charge is 2.10. The Morgan fingerprint density at radius 1 is 1.20 bits per heavy atom. The first-order valence-corrected chi connectivity index (χ1v) is 7.28. The van der Waals surface area contributed by atoms with Crippen molar-refractivity contribution in [2.75, 3.05) is 12.4 Å². The van der Waals surface area contributed by atoms with Crippen LogP contribution in [0.15, 0.2) is 53.4 Å². The summed E-state index contributed by atoms with van der Waals surface area (Å²) in [6.45, 7) is 0.431. The highest BCUT2D eigenvalue weighted by molar-refractivity contribution is 7.99.